The van der Waals surface area contributed by atoms with Crippen molar-refractivity contribution in [2.75, 3.05) is 26.7 Å². The standard InChI is InChI=1S/C34H41F2N3O5.C2HF3O2/c1-5-10-39(11-6-2)34(43)27-17-25(22(3)40)16-26(18-27)33(42)38-31(15-24-12-28(35)19-29(36)13-24)32(41)21-37-20-23-8-7-9-30(14-23)44-4;3-2(4,5)1(6)7/h7-9,12-14,16-19,31-32,37,41H,5-6,10-11,15,20-21H2,1-4H3,(H,38,42);(H,6,7)/t31-,32+;/m0./s1. The third-order valence-corrected chi connectivity index (χ3v) is 7.34. The van der Waals surface area contributed by atoms with Crippen LogP contribution in [0.15, 0.2) is 60.7 Å². The summed E-state index contributed by atoms with van der Waals surface area (Å²) in [4.78, 5) is 49.8. The molecule has 10 nitrogen and oxygen atoms in total. The van der Waals surface area contributed by atoms with Crippen LogP contribution in [0.5, 0.6) is 5.75 Å². The number of carboxylic acid groups (broad SMARTS) is 1. The Balaban J connectivity index is 0.00000116. The summed E-state index contributed by atoms with van der Waals surface area (Å²) in [5.41, 5.74) is 1.60. The number of nitrogens with one attached hydrogen (secondary N) is 2. The number of aliphatic carboxylic acids is 1. The topological polar surface area (TPSA) is 145 Å². The normalized spacial score (nSPS) is 12.2. The number of aliphatic hydroxyl groups is 1. The van der Waals surface area contributed by atoms with Crippen LogP contribution in [0.3, 0.4) is 0 Å². The van der Waals surface area contributed by atoms with Crippen LogP contribution in [0.2, 0.25) is 0 Å². The second-order valence-electron chi connectivity index (χ2n) is 11.6. The summed E-state index contributed by atoms with van der Waals surface area (Å²) < 4.78 is 65.0. The van der Waals surface area contributed by atoms with Gasteiger partial charge in [0.2, 0.25) is 0 Å². The van der Waals surface area contributed by atoms with E-state index in [0.717, 1.165) is 36.6 Å². The van der Waals surface area contributed by atoms with Gasteiger partial charge in [-0.25, -0.2) is 13.6 Å². The van der Waals surface area contributed by atoms with Gasteiger partial charge >= 0.3 is 12.1 Å². The van der Waals surface area contributed by atoms with E-state index in [2.05, 4.69) is 10.6 Å². The predicted octanol–water partition coefficient (Wildman–Crippen LogP) is 5.56. The number of carbonyl (C=O) groups is 4. The molecule has 0 aromatic heterocycles. The van der Waals surface area contributed by atoms with Crippen LogP contribution in [-0.4, -0.2) is 83.7 Å². The lowest BCUT2D eigenvalue weighted by Gasteiger charge is -2.25. The molecule has 3 aromatic carbocycles. The number of Topliss-reactive ketones (excluding diaryl/α,β-unsaturated/α-hetero) is 1. The van der Waals surface area contributed by atoms with Gasteiger partial charge in [0.25, 0.3) is 11.8 Å². The summed E-state index contributed by atoms with van der Waals surface area (Å²) >= 11 is 0. The van der Waals surface area contributed by atoms with Crippen molar-refractivity contribution in [1.29, 1.82) is 0 Å². The molecule has 0 saturated heterocycles. The first kappa shape index (κ1) is 42.3. The number of rotatable bonds is 16. The lowest BCUT2D eigenvalue weighted by molar-refractivity contribution is -0.192. The maximum atomic E-state index is 14.0. The zero-order valence-corrected chi connectivity index (χ0v) is 28.7. The van der Waals surface area contributed by atoms with Crippen LogP contribution in [-0.2, 0) is 17.8 Å². The Morgan fingerprint density at radius 1 is 0.863 bits per heavy atom. The number of methoxy groups -OCH3 is 1. The smallest absolute Gasteiger partial charge is 0.490 e. The number of carboxylic acids is 1. The van der Waals surface area contributed by atoms with E-state index < -0.39 is 41.8 Å². The molecule has 0 spiro atoms. The number of nitrogens with zero attached hydrogens (tertiary/aromatic N) is 1. The van der Waals surface area contributed by atoms with Crippen LogP contribution in [0.4, 0.5) is 22.0 Å². The number of ether oxygens (including phenoxy) is 1. The highest BCUT2D eigenvalue weighted by Gasteiger charge is 2.38. The second kappa shape index (κ2) is 20.1. The Kier molecular flexibility index (Phi) is 16.6. The first-order chi connectivity index (χ1) is 24.0. The minimum Gasteiger partial charge on any atom is -0.497 e. The van der Waals surface area contributed by atoms with Gasteiger partial charge in [-0.05, 0) is 79.8 Å². The van der Waals surface area contributed by atoms with E-state index in [1.807, 2.05) is 38.1 Å². The Hall–Kier alpha value is -4.89. The number of hydrogen-bond donors (Lipinski definition) is 4. The van der Waals surface area contributed by atoms with Crippen LogP contribution in [0, 0.1) is 11.6 Å². The molecule has 2 atom stereocenters. The van der Waals surface area contributed by atoms with E-state index in [0.29, 0.717) is 25.4 Å². The minimum absolute atomic E-state index is 0.0418. The monoisotopic (exact) mass is 723 g/mol. The molecule has 2 amide bonds. The molecule has 3 rings (SSSR count). The number of aliphatic hydroxyl groups excluding tert-OH is 1. The van der Waals surface area contributed by atoms with Crippen LogP contribution in [0.25, 0.3) is 0 Å². The lowest BCUT2D eigenvalue weighted by atomic mass is 9.98. The fourth-order valence-corrected chi connectivity index (χ4v) is 4.93. The van der Waals surface area contributed by atoms with E-state index in [4.69, 9.17) is 14.6 Å². The largest absolute Gasteiger partial charge is 0.497 e. The summed E-state index contributed by atoms with van der Waals surface area (Å²) in [7, 11) is 1.57. The van der Waals surface area contributed by atoms with Gasteiger partial charge in [-0.3, -0.25) is 14.4 Å². The van der Waals surface area contributed by atoms with E-state index in [-0.39, 0.29) is 46.9 Å². The fourth-order valence-electron chi connectivity index (χ4n) is 4.93. The van der Waals surface area contributed by atoms with Gasteiger partial charge in [0.05, 0.1) is 19.3 Å². The first-order valence-electron chi connectivity index (χ1n) is 16.0. The van der Waals surface area contributed by atoms with Gasteiger partial charge in [0, 0.05) is 48.9 Å². The van der Waals surface area contributed by atoms with Gasteiger partial charge in [0.1, 0.15) is 17.4 Å². The Labute approximate surface area is 292 Å². The zero-order valence-electron chi connectivity index (χ0n) is 28.7. The van der Waals surface area contributed by atoms with Crippen LogP contribution in [0.1, 0.15) is 75.8 Å². The van der Waals surface area contributed by atoms with Crippen molar-refractivity contribution >= 4 is 23.6 Å². The number of amides is 2. The van der Waals surface area contributed by atoms with Gasteiger partial charge in [-0.2, -0.15) is 13.2 Å². The Bertz CT molecular complexity index is 1630. The molecule has 15 heteroatoms. The number of benzene rings is 3. The van der Waals surface area contributed by atoms with Crippen molar-refractivity contribution in [1.82, 2.24) is 15.5 Å². The molecular formula is C36H42F5N3O7. The Morgan fingerprint density at radius 3 is 1.96 bits per heavy atom. The highest BCUT2D eigenvalue weighted by molar-refractivity contribution is 6.04. The second-order valence-corrected chi connectivity index (χ2v) is 11.6. The van der Waals surface area contributed by atoms with Crippen molar-refractivity contribution in [3.8, 4) is 5.75 Å². The van der Waals surface area contributed by atoms with Crippen LogP contribution < -0.4 is 15.4 Å². The summed E-state index contributed by atoms with van der Waals surface area (Å²) in [6, 6.07) is 13.7. The highest BCUT2D eigenvalue weighted by atomic mass is 19.4. The van der Waals surface area contributed by atoms with E-state index in [9.17, 15) is 41.4 Å². The van der Waals surface area contributed by atoms with Crippen molar-refractivity contribution < 1.29 is 56.1 Å². The molecule has 0 saturated carbocycles. The third-order valence-electron chi connectivity index (χ3n) is 7.34. The van der Waals surface area contributed by atoms with Gasteiger partial charge in [-0.15, -0.1) is 0 Å². The molecule has 0 fully saturated rings. The number of hydrogen-bond acceptors (Lipinski definition) is 7. The molecule has 51 heavy (non-hydrogen) atoms. The molecule has 4 N–H and O–H groups in total. The molecule has 3 aromatic rings. The summed E-state index contributed by atoms with van der Waals surface area (Å²) in [5.74, 6) is -4.89. The van der Waals surface area contributed by atoms with Gasteiger partial charge in [0.15, 0.2) is 5.78 Å². The van der Waals surface area contributed by atoms with Crippen molar-refractivity contribution in [3.05, 3.63) is 100 Å². The molecule has 278 valence electrons. The van der Waals surface area contributed by atoms with E-state index >= 15 is 0 Å². The number of alkyl halides is 3. The molecular weight excluding hydrogens is 681 g/mol. The maximum absolute atomic E-state index is 14.0. The van der Waals surface area contributed by atoms with Gasteiger partial charge < -0.3 is 30.5 Å². The average Bonchev–Trinajstić information content (AvgIpc) is 3.06. The van der Waals surface area contributed by atoms with Crippen LogP contribution >= 0.6 is 0 Å². The van der Waals surface area contributed by atoms with E-state index in [1.165, 1.54) is 25.1 Å². The molecule has 0 unspecified atom stereocenters. The number of ketones is 1. The minimum atomic E-state index is -5.08. The third kappa shape index (κ3) is 14.1. The lowest BCUT2D eigenvalue weighted by Crippen LogP contribution is -2.48. The predicted molar refractivity (Wildman–Crippen MR) is 179 cm³/mol. The molecule has 0 bridgehead atoms. The summed E-state index contributed by atoms with van der Waals surface area (Å²) in [6.07, 6.45) is -4.84. The zero-order chi connectivity index (χ0) is 38.3. The van der Waals surface area contributed by atoms with Crippen molar-refractivity contribution in [2.45, 2.75) is 64.9 Å². The summed E-state index contributed by atoms with van der Waals surface area (Å²) in [6.45, 7) is 6.76. The molecule has 0 heterocycles. The Morgan fingerprint density at radius 2 is 1.43 bits per heavy atom. The molecule has 0 aliphatic carbocycles. The quantitative estimate of drug-likeness (QED) is 0.111. The van der Waals surface area contributed by atoms with Crippen molar-refractivity contribution in [3.63, 3.8) is 0 Å². The number of halogens is 5. The molecule has 0 aliphatic rings. The van der Waals surface area contributed by atoms with E-state index in [1.54, 1.807) is 12.0 Å². The molecule has 0 aliphatic heterocycles. The van der Waals surface area contributed by atoms with Crippen molar-refractivity contribution in [2.24, 2.45) is 0 Å². The average molecular weight is 724 g/mol. The maximum Gasteiger partial charge on any atom is 0.490 e. The number of carbonyl (C=O) groups excluding carboxylic acids is 3. The highest BCUT2D eigenvalue weighted by Crippen LogP contribution is 2.18. The summed E-state index contributed by atoms with van der Waals surface area (Å²) in [5, 5.41) is 24.2. The van der Waals surface area contributed by atoms with Gasteiger partial charge in [-0.1, -0.05) is 26.0 Å². The fraction of sp³-hybridized carbons (Fsp3) is 0.389. The first-order valence-corrected chi connectivity index (χ1v) is 16.0. The SMILES string of the molecule is CCCN(CCC)C(=O)c1cc(C(C)=O)cc(C(=O)N[C@@H](Cc2cc(F)cc(F)c2)[C@H](O)CNCc2cccc(OC)c2)c1.O=C(O)C(F)(F)F. The molecule has 0 radical (unpaired) electrons.